The van der Waals surface area contributed by atoms with Gasteiger partial charge in [-0.3, -0.25) is 9.79 Å². The maximum absolute atomic E-state index is 12.3. The molecule has 0 spiro atoms. The van der Waals surface area contributed by atoms with Crippen LogP contribution in [0.2, 0.25) is 0 Å². The molecule has 0 bridgehead atoms. The highest BCUT2D eigenvalue weighted by atomic mass is 127. The van der Waals surface area contributed by atoms with Crippen molar-refractivity contribution in [2.75, 3.05) is 34.2 Å². The molecule has 0 unspecified atom stereocenters. The first-order valence-electron chi connectivity index (χ1n) is 9.79. The van der Waals surface area contributed by atoms with E-state index in [1.807, 2.05) is 43.3 Å². The van der Waals surface area contributed by atoms with E-state index >= 15 is 0 Å². The molecule has 3 N–H and O–H groups in total. The minimum absolute atomic E-state index is 0. The Hall–Kier alpha value is -1.72. The van der Waals surface area contributed by atoms with Gasteiger partial charge in [0.15, 0.2) is 5.96 Å². The van der Waals surface area contributed by atoms with Gasteiger partial charge in [-0.05, 0) is 37.7 Å². The van der Waals surface area contributed by atoms with Gasteiger partial charge >= 0.3 is 0 Å². The first kappa shape index (κ1) is 26.3. The summed E-state index contributed by atoms with van der Waals surface area (Å²) in [5.74, 6) is 1.08. The number of aromatic nitrogens is 1. The van der Waals surface area contributed by atoms with Crippen LogP contribution in [0.5, 0.6) is 0 Å². The number of carbonyl (C=O) groups excluding carboxylic acids is 1. The number of guanidine groups is 1. The summed E-state index contributed by atoms with van der Waals surface area (Å²) >= 11 is 1.65. The fourth-order valence-electron chi connectivity index (χ4n) is 2.55. The van der Waals surface area contributed by atoms with Gasteiger partial charge in [-0.25, -0.2) is 4.98 Å². The second-order valence-electron chi connectivity index (χ2n) is 7.36. The molecule has 2 rings (SSSR count). The summed E-state index contributed by atoms with van der Waals surface area (Å²) in [6.07, 6.45) is 0. The number of hydrogen-bond donors (Lipinski definition) is 3. The lowest BCUT2D eigenvalue weighted by Crippen LogP contribution is -2.36. The van der Waals surface area contributed by atoms with Crippen LogP contribution < -0.4 is 16.0 Å². The normalized spacial score (nSPS) is 11.4. The lowest BCUT2D eigenvalue weighted by molar-refractivity contribution is 0.0951. The number of hydrogen-bond acceptors (Lipinski definition) is 5. The minimum atomic E-state index is -0.0547. The smallest absolute Gasteiger partial charge is 0.251 e. The van der Waals surface area contributed by atoms with Crippen molar-refractivity contribution in [3.63, 3.8) is 0 Å². The highest BCUT2D eigenvalue weighted by molar-refractivity contribution is 14.0. The predicted molar refractivity (Wildman–Crippen MR) is 136 cm³/mol. The van der Waals surface area contributed by atoms with Gasteiger partial charge in [0, 0.05) is 37.6 Å². The zero-order valence-electron chi connectivity index (χ0n) is 18.4. The number of aliphatic imine (C=N–C) groups is 1. The molecule has 0 aliphatic heterocycles. The molecule has 30 heavy (non-hydrogen) atoms. The Morgan fingerprint density at radius 1 is 1.20 bits per heavy atom. The second-order valence-corrected chi connectivity index (χ2v) is 8.30. The van der Waals surface area contributed by atoms with E-state index in [4.69, 9.17) is 0 Å². The third-order valence-corrected chi connectivity index (χ3v) is 5.15. The van der Waals surface area contributed by atoms with Crippen LogP contribution in [0.15, 0.2) is 34.6 Å². The quantitative estimate of drug-likeness (QED) is 0.257. The molecule has 0 fully saturated rings. The molecule has 7 nitrogen and oxygen atoms in total. The molecule has 2 aromatic rings. The lowest BCUT2D eigenvalue weighted by atomic mass is 10.1. The van der Waals surface area contributed by atoms with Gasteiger partial charge in [-0.15, -0.1) is 35.3 Å². The first-order valence-corrected chi connectivity index (χ1v) is 10.7. The highest BCUT2D eigenvalue weighted by Gasteiger charge is 2.08. The van der Waals surface area contributed by atoms with Crippen LogP contribution in [0, 0.1) is 0 Å². The predicted octanol–water partition coefficient (Wildman–Crippen LogP) is 3.04. The number of nitrogens with zero attached hydrogens (tertiary/aromatic N) is 3. The molecule has 0 aliphatic rings. The van der Waals surface area contributed by atoms with E-state index in [1.54, 1.807) is 18.4 Å². The number of thiazole rings is 1. The summed E-state index contributed by atoms with van der Waals surface area (Å²) < 4.78 is 0. The molecule has 1 aromatic carbocycles. The Labute approximate surface area is 200 Å². The Morgan fingerprint density at radius 2 is 1.93 bits per heavy atom. The Balaban J connectivity index is 0.00000450. The molecule has 0 saturated heterocycles. The average Bonchev–Trinajstić information content (AvgIpc) is 3.17. The summed E-state index contributed by atoms with van der Waals surface area (Å²) in [6, 6.07) is 7.63. The van der Waals surface area contributed by atoms with Crippen molar-refractivity contribution < 1.29 is 4.79 Å². The molecule has 1 aromatic heterocycles. The molecule has 0 atom stereocenters. The van der Waals surface area contributed by atoms with E-state index in [1.165, 1.54) is 0 Å². The molecule has 1 heterocycles. The Bertz CT molecular complexity index is 821. The second kappa shape index (κ2) is 13.6. The number of likely N-dealkylation sites (N-methyl/N-ethyl adjacent to an activating group) is 1. The van der Waals surface area contributed by atoms with Crippen LogP contribution >= 0.6 is 35.3 Å². The summed E-state index contributed by atoms with van der Waals surface area (Å²) in [5.41, 5.74) is 2.80. The third kappa shape index (κ3) is 8.97. The molecule has 9 heteroatoms. The van der Waals surface area contributed by atoms with Gasteiger partial charge in [0.05, 0.1) is 12.2 Å². The van der Waals surface area contributed by atoms with Crippen LogP contribution in [0.3, 0.4) is 0 Å². The molecule has 166 valence electrons. The van der Waals surface area contributed by atoms with E-state index < -0.39 is 0 Å². The number of nitrogens with one attached hydrogen (secondary N) is 3. The van der Waals surface area contributed by atoms with Crippen LogP contribution in [-0.2, 0) is 13.1 Å². The van der Waals surface area contributed by atoms with Crippen LogP contribution in [-0.4, -0.2) is 56.0 Å². The van der Waals surface area contributed by atoms with Gasteiger partial charge in [0.1, 0.15) is 5.01 Å². The number of amides is 1. The largest absolute Gasteiger partial charge is 0.352 e. The van der Waals surface area contributed by atoms with Gasteiger partial charge in [-0.1, -0.05) is 26.0 Å². The fourth-order valence-corrected chi connectivity index (χ4v) is 3.45. The summed E-state index contributed by atoms with van der Waals surface area (Å²) in [6.45, 7) is 6.93. The molecule has 1 amide bonds. The summed E-state index contributed by atoms with van der Waals surface area (Å²) in [5, 5.41) is 12.7. The monoisotopic (exact) mass is 544 g/mol. The average molecular weight is 545 g/mol. The van der Waals surface area contributed by atoms with Gasteiger partial charge in [-0.2, -0.15) is 0 Å². The van der Waals surface area contributed by atoms with Crippen LogP contribution in [0.4, 0.5) is 0 Å². The summed E-state index contributed by atoms with van der Waals surface area (Å²) in [7, 11) is 5.71. The van der Waals surface area contributed by atoms with E-state index in [9.17, 15) is 4.79 Å². The van der Waals surface area contributed by atoms with Crippen LogP contribution in [0.1, 0.15) is 46.4 Å². The van der Waals surface area contributed by atoms with Gasteiger partial charge in [0.2, 0.25) is 0 Å². The molecule has 0 saturated carbocycles. The first-order chi connectivity index (χ1) is 13.9. The summed E-state index contributed by atoms with van der Waals surface area (Å²) in [4.78, 5) is 23.2. The molecular weight excluding hydrogens is 511 g/mol. The van der Waals surface area contributed by atoms with E-state index in [2.05, 4.69) is 45.2 Å². The van der Waals surface area contributed by atoms with Crippen molar-refractivity contribution in [2.45, 2.75) is 32.9 Å². The van der Waals surface area contributed by atoms with Gasteiger partial charge < -0.3 is 20.9 Å². The molecular formula is C21H33IN6OS. The zero-order valence-corrected chi connectivity index (χ0v) is 21.5. The minimum Gasteiger partial charge on any atom is -0.352 e. The Morgan fingerprint density at radius 3 is 2.57 bits per heavy atom. The zero-order chi connectivity index (χ0) is 21.2. The molecule has 0 radical (unpaired) electrons. The number of halogens is 1. The number of rotatable bonds is 9. The van der Waals surface area contributed by atoms with Crippen molar-refractivity contribution in [3.8, 4) is 0 Å². The fraction of sp³-hybridized carbons (Fsp3) is 0.476. The molecule has 0 aliphatic carbocycles. The van der Waals surface area contributed by atoms with E-state index in [0.29, 0.717) is 37.1 Å². The van der Waals surface area contributed by atoms with Crippen molar-refractivity contribution in [3.05, 3.63) is 51.5 Å². The maximum Gasteiger partial charge on any atom is 0.251 e. The lowest BCUT2D eigenvalue weighted by Gasteiger charge is -2.12. The third-order valence-electron chi connectivity index (χ3n) is 4.29. The standard InChI is InChI=1S/C21H32N6OS.HI/c1-15(2)18-14-29-19(26-18)13-25-21(22-3)24-12-16-7-6-8-17(11-16)20(28)23-9-10-27(4)5;/h6-8,11,14-15H,9-10,12-13H2,1-5H3,(H,23,28)(H2,22,24,25);1H. The van der Waals surface area contributed by atoms with Crippen molar-refractivity contribution in [1.82, 2.24) is 25.8 Å². The van der Waals surface area contributed by atoms with E-state index in [0.717, 1.165) is 22.8 Å². The number of carbonyl (C=O) groups is 1. The van der Waals surface area contributed by atoms with Crippen LogP contribution in [0.25, 0.3) is 0 Å². The topological polar surface area (TPSA) is 81.7 Å². The van der Waals surface area contributed by atoms with Crippen molar-refractivity contribution >= 4 is 47.2 Å². The maximum atomic E-state index is 12.3. The van der Waals surface area contributed by atoms with Crippen molar-refractivity contribution in [2.24, 2.45) is 4.99 Å². The van der Waals surface area contributed by atoms with E-state index in [-0.39, 0.29) is 29.9 Å². The Kier molecular flexibility index (Phi) is 11.9. The highest BCUT2D eigenvalue weighted by Crippen LogP contribution is 2.17. The van der Waals surface area contributed by atoms with Crippen molar-refractivity contribution in [1.29, 1.82) is 0 Å². The SMILES string of the molecule is CN=C(NCc1cccc(C(=O)NCCN(C)C)c1)NCc1nc(C(C)C)cs1.I. The number of benzene rings is 1. The van der Waals surface area contributed by atoms with Gasteiger partial charge in [0.25, 0.3) is 5.91 Å².